The maximum Gasteiger partial charge on any atom is 0.246 e. The van der Waals surface area contributed by atoms with Crippen LogP contribution in [0, 0.1) is 5.41 Å². The summed E-state index contributed by atoms with van der Waals surface area (Å²) in [7, 11) is -3.69. The molecule has 3 rings (SSSR count). The third kappa shape index (κ3) is 3.42. The summed E-state index contributed by atoms with van der Waals surface area (Å²) >= 11 is 12.1. The maximum absolute atomic E-state index is 13.0. The van der Waals surface area contributed by atoms with E-state index < -0.39 is 19.8 Å². The number of ether oxygens (including phenoxy) is 1. The van der Waals surface area contributed by atoms with Crippen molar-refractivity contribution < 1.29 is 17.9 Å². The van der Waals surface area contributed by atoms with Crippen LogP contribution in [0.2, 0.25) is 0 Å². The Bertz CT molecular complexity index is 822. The minimum Gasteiger partial charge on any atom is -0.492 e. The van der Waals surface area contributed by atoms with Crippen LogP contribution in [-0.2, 0) is 14.8 Å². The number of alkyl halides is 2. The summed E-state index contributed by atoms with van der Waals surface area (Å²) in [6.07, 6.45) is 2.03. The number of sulfonamides is 1. The second kappa shape index (κ2) is 6.86. The Kier molecular flexibility index (Phi) is 5.20. The van der Waals surface area contributed by atoms with Gasteiger partial charge in [0, 0.05) is 18.8 Å². The van der Waals surface area contributed by atoms with Crippen molar-refractivity contribution in [3.8, 4) is 5.75 Å². The maximum atomic E-state index is 13.0. The highest BCUT2D eigenvalue weighted by molar-refractivity contribution is 7.89. The third-order valence-electron chi connectivity index (χ3n) is 4.94. The lowest BCUT2D eigenvalue weighted by atomic mass is 10.1. The number of nitrogens with zero attached hydrogens (tertiary/aromatic N) is 1. The van der Waals surface area contributed by atoms with Crippen LogP contribution in [0.1, 0.15) is 33.1 Å². The molecule has 1 heterocycles. The molecule has 144 valence electrons. The normalized spacial score (nSPS) is 25.1. The van der Waals surface area contributed by atoms with Gasteiger partial charge in [0.05, 0.1) is 12.0 Å². The molecule has 1 aromatic carbocycles. The van der Waals surface area contributed by atoms with Crippen molar-refractivity contribution in [1.29, 1.82) is 0 Å². The average Bonchev–Trinajstić information content (AvgIpc) is 2.97. The number of carbonyl (C=O) groups excluding carboxylic acids is 1. The van der Waals surface area contributed by atoms with Crippen molar-refractivity contribution in [2.24, 2.45) is 5.41 Å². The summed E-state index contributed by atoms with van der Waals surface area (Å²) in [5.74, 6) is -0.0600. The lowest BCUT2D eigenvalue weighted by Crippen LogP contribution is -2.29. The van der Waals surface area contributed by atoms with Crippen LogP contribution in [0.5, 0.6) is 5.75 Å². The van der Waals surface area contributed by atoms with Gasteiger partial charge >= 0.3 is 0 Å². The van der Waals surface area contributed by atoms with Crippen molar-refractivity contribution >= 4 is 44.8 Å². The molecule has 1 atom stereocenters. The van der Waals surface area contributed by atoms with Crippen molar-refractivity contribution in [1.82, 2.24) is 4.31 Å². The van der Waals surface area contributed by atoms with Gasteiger partial charge in [0.1, 0.15) is 15.0 Å². The molecular formula is C17H22Cl2N2O4S. The van der Waals surface area contributed by atoms with Crippen molar-refractivity contribution in [3.63, 3.8) is 0 Å². The minimum atomic E-state index is -3.69. The first kappa shape index (κ1) is 19.7. The molecule has 6 nitrogen and oxygen atoms in total. The van der Waals surface area contributed by atoms with Gasteiger partial charge in [-0.1, -0.05) is 0 Å². The molecule has 0 radical (unpaired) electrons. The summed E-state index contributed by atoms with van der Waals surface area (Å²) in [6, 6.07) is 4.61. The second-order valence-corrected chi connectivity index (χ2v) is 10.3. The standard InChI is InChI=1S/C17H22Cl2N2O4S/c1-3-25-13-7-6-12(20-15(22)16(2)11-17(16,18)19)10-14(13)26(23,24)21-8-4-5-9-21/h6-7,10H,3-5,8-9,11H2,1-2H3,(H,20,22). The number of hydrogen-bond acceptors (Lipinski definition) is 4. The number of amides is 1. The molecule has 2 aliphatic rings. The number of anilines is 1. The Balaban J connectivity index is 1.91. The summed E-state index contributed by atoms with van der Waals surface area (Å²) in [5.41, 5.74) is -0.517. The Morgan fingerprint density at radius 1 is 1.31 bits per heavy atom. The average molecular weight is 421 g/mol. The van der Waals surface area contributed by atoms with Gasteiger partial charge in [-0.2, -0.15) is 4.31 Å². The molecule has 0 bridgehead atoms. The Hall–Kier alpha value is -1.02. The predicted octanol–water partition coefficient (Wildman–Crippen LogP) is 3.39. The van der Waals surface area contributed by atoms with E-state index in [9.17, 15) is 13.2 Å². The van der Waals surface area contributed by atoms with E-state index in [1.165, 1.54) is 10.4 Å². The first-order valence-electron chi connectivity index (χ1n) is 8.58. The molecule has 0 spiro atoms. The molecule has 1 saturated heterocycles. The highest BCUT2D eigenvalue weighted by atomic mass is 35.5. The van der Waals surface area contributed by atoms with Crippen molar-refractivity contribution in [2.45, 2.75) is 42.3 Å². The quantitative estimate of drug-likeness (QED) is 0.715. The van der Waals surface area contributed by atoms with Crippen LogP contribution in [0.3, 0.4) is 0 Å². The molecule has 1 N–H and O–H groups in total. The first-order chi connectivity index (χ1) is 12.1. The van der Waals surface area contributed by atoms with E-state index in [1.807, 2.05) is 0 Å². The van der Waals surface area contributed by atoms with Crippen LogP contribution in [0.25, 0.3) is 0 Å². The SMILES string of the molecule is CCOc1ccc(NC(=O)C2(C)CC2(Cl)Cl)cc1S(=O)(=O)N1CCCC1. The number of benzene rings is 1. The zero-order valence-corrected chi connectivity index (χ0v) is 17.0. The molecule has 26 heavy (non-hydrogen) atoms. The summed E-state index contributed by atoms with van der Waals surface area (Å²) in [5, 5.41) is 2.73. The summed E-state index contributed by atoms with van der Waals surface area (Å²) in [4.78, 5) is 12.5. The van der Waals surface area contributed by atoms with Crippen LogP contribution >= 0.6 is 23.2 Å². The highest BCUT2D eigenvalue weighted by Crippen LogP contribution is 2.64. The summed E-state index contributed by atoms with van der Waals surface area (Å²) in [6.45, 7) is 4.79. The Labute approximate surface area is 163 Å². The van der Waals surface area contributed by atoms with Crippen LogP contribution in [0.15, 0.2) is 23.1 Å². The molecule has 2 fully saturated rings. The minimum absolute atomic E-state index is 0.0583. The number of halogens is 2. The molecule has 1 aliphatic heterocycles. The monoisotopic (exact) mass is 420 g/mol. The van der Waals surface area contributed by atoms with Crippen LogP contribution in [0.4, 0.5) is 5.69 Å². The van der Waals surface area contributed by atoms with Gasteiger partial charge in [-0.3, -0.25) is 4.79 Å². The van der Waals surface area contributed by atoms with Gasteiger partial charge in [-0.15, -0.1) is 23.2 Å². The van der Waals surface area contributed by atoms with E-state index in [1.54, 1.807) is 26.0 Å². The topological polar surface area (TPSA) is 75.7 Å². The smallest absolute Gasteiger partial charge is 0.246 e. The lowest BCUT2D eigenvalue weighted by Gasteiger charge is -2.19. The van der Waals surface area contributed by atoms with Crippen LogP contribution < -0.4 is 10.1 Å². The van der Waals surface area contributed by atoms with Gasteiger partial charge in [0.25, 0.3) is 0 Å². The van der Waals surface area contributed by atoms with Gasteiger partial charge in [-0.25, -0.2) is 8.42 Å². The van der Waals surface area contributed by atoms with E-state index in [2.05, 4.69) is 5.32 Å². The Morgan fingerprint density at radius 3 is 2.46 bits per heavy atom. The fraction of sp³-hybridized carbons (Fsp3) is 0.588. The predicted molar refractivity (Wildman–Crippen MR) is 101 cm³/mol. The fourth-order valence-electron chi connectivity index (χ4n) is 3.04. The molecule has 1 saturated carbocycles. The molecule has 1 amide bonds. The van der Waals surface area contributed by atoms with Crippen LogP contribution in [-0.4, -0.2) is 42.7 Å². The highest BCUT2D eigenvalue weighted by Gasteiger charge is 2.67. The molecule has 1 unspecified atom stereocenters. The molecule has 1 aromatic rings. The zero-order chi connectivity index (χ0) is 19.2. The number of hydrogen-bond donors (Lipinski definition) is 1. The third-order valence-corrected chi connectivity index (χ3v) is 7.96. The van der Waals surface area contributed by atoms with E-state index in [4.69, 9.17) is 27.9 Å². The van der Waals surface area contributed by atoms with E-state index in [-0.39, 0.29) is 16.6 Å². The Morgan fingerprint density at radius 2 is 1.92 bits per heavy atom. The van der Waals surface area contributed by atoms with Gasteiger partial charge in [0.2, 0.25) is 15.9 Å². The van der Waals surface area contributed by atoms with Gasteiger partial charge in [-0.05, 0) is 51.3 Å². The summed E-state index contributed by atoms with van der Waals surface area (Å²) < 4.78 is 31.8. The van der Waals surface area contributed by atoms with Crippen molar-refractivity contribution in [3.05, 3.63) is 18.2 Å². The first-order valence-corrected chi connectivity index (χ1v) is 10.8. The number of rotatable bonds is 6. The largest absolute Gasteiger partial charge is 0.492 e. The lowest BCUT2D eigenvalue weighted by molar-refractivity contribution is -0.120. The van der Waals surface area contributed by atoms with Crippen molar-refractivity contribution in [2.75, 3.05) is 25.0 Å². The van der Waals surface area contributed by atoms with E-state index >= 15 is 0 Å². The van der Waals surface area contributed by atoms with E-state index in [0.717, 1.165) is 12.8 Å². The fourth-order valence-corrected chi connectivity index (χ4v) is 5.43. The molecule has 9 heteroatoms. The molecular weight excluding hydrogens is 399 g/mol. The zero-order valence-electron chi connectivity index (χ0n) is 14.7. The molecule has 1 aliphatic carbocycles. The number of nitrogens with one attached hydrogen (secondary N) is 1. The van der Waals surface area contributed by atoms with E-state index in [0.29, 0.717) is 31.8 Å². The van der Waals surface area contributed by atoms with Gasteiger partial charge < -0.3 is 10.1 Å². The number of carbonyl (C=O) groups is 1. The van der Waals surface area contributed by atoms with Gasteiger partial charge in [0.15, 0.2) is 0 Å². The second-order valence-electron chi connectivity index (χ2n) is 6.87. The molecule has 0 aromatic heterocycles.